The number of ether oxygens (including phenoxy) is 1. The second kappa shape index (κ2) is 8.46. The van der Waals surface area contributed by atoms with Crippen molar-refractivity contribution in [2.24, 2.45) is 15.5 Å². The highest BCUT2D eigenvalue weighted by molar-refractivity contribution is 7.89. The number of benzene rings is 1. The van der Waals surface area contributed by atoms with E-state index in [1.165, 1.54) is 12.1 Å². The third kappa shape index (κ3) is 6.46. The number of nitrogens with one attached hydrogen (secondary N) is 2. The number of sulfonamides is 1. The zero-order valence-corrected chi connectivity index (χ0v) is 15.8. The first-order valence-electron chi connectivity index (χ1n) is 7.67. The van der Waals surface area contributed by atoms with E-state index in [1.807, 2.05) is 0 Å². The maximum absolute atomic E-state index is 11.2. The Hall–Kier alpha value is -1.64. The first-order valence-corrected chi connectivity index (χ1v) is 9.21. The van der Waals surface area contributed by atoms with Crippen LogP contribution in [0.3, 0.4) is 0 Å². The number of rotatable bonds is 6. The Labute approximate surface area is 144 Å². The lowest BCUT2D eigenvalue weighted by molar-refractivity contribution is 0.0205. The minimum Gasteiger partial charge on any atom is -0.379 e. The summed E-state index contributed by atoms with van der Waals surface area (Å²) in [5.41, 5.74) is 0.939. The molecule has 0 aromatic heterocycles. The molecule has 0 amide bonds. The molecular weight excluding hydrogens is 328 g/mol. The van der Waals surface area contributed by atoms with Gasteiger partial charge in [0.1, 0.15) is 0 Å². The zero-order chi connectivity index (χ0) is 18.4. The van der Waals surface area contributed by atoms with E-state index < -0.39 is 10.0 Å². The van der Waals surface area contributed by atoms with E-state index in [-0.39, 0.29) is 16.4 Å². The molecule has 0 radical (unpaired) electrons. The van der Waals surface area contributed by atoms with Gasteiger partial charge in [-0.25, -0.2) is 13.6 Å². The topological polar surface area (TPSA) is 106 Å². The van der Waals surface area contributed by atoms with Crippen molar-refractivity contribution in [3.05, 3.63) is 29.8 Å². The van der Waals surface area contributed by atoms with Crippen molar-refractivity contribution < 1.29 is 13.2 Å². The van der Waals surface area contributed by atoms with Gasteiger partial charge >= 0.3 is 0 Å². The van der Waals surface area contributed by atoms with E-state index in [1.54, 1.807) is 26.3 Å². The van der Waals surface area contributed by atoms with Gasteiger partial charge in [0, 0.05) is 27.2 Å². The molecule has 1 rings (SSSR count). The van der Waals surface area contributed by atoms with E-state index in [0.717, 1.165) is 5.56 Å². The Bertz CT molecular complexity index is 649. The normalized spacial score (nSPS) is 14.3. The van der Waals surface area contributed by atoms with Crippen LogP contribution in [-0.4, -0.2) is 41.2 Å². The molecule has 1 aromatic carbocycles. The standard InChI is InChI=1S/C16H28N4O3S/c1-16(2,3)14(23-5)11-20-15(18-4)19-10-12-6-8-13(9-7-12)24(17,21)22/h6-9,14H,10-11H2,1-5H3,(H2,17,21,22)(H2,18,19,20). The molecule has 0 bridgehead atoms. The van der Waals surface area contributed by atoms with Gasteiger partial charge in [-0.1, -0.05) is 32.9 Å². The second-order valence-electron chi connectivity index (χ2n) is 6.59. The van der Waals surface area contributed by atoms with Crippen molar-refractivity contribution in [1.82, 2.24) is 10.6 Å². The maximum Gasteiger partial charge on any atom is 0.238 e. The van der Waals surface area contributed by atoms with E-state index >= 15 is 0 Å². The van der Waals surface area contributed by atoms with Gasteiger partial charge < -0.3 is 15.4 Å². The van der Waals surface area contributed by atoms with Crippen LogP contribution in [0.5, 0.6) is 0 Å². The van der Waals surface area contributed by atoms with Gasteiger partial charge in [-0.15, -0.1) is 0 Å². The van der Waals surface area contributed by atoms with Gasteiger partial charge in [-0.05, 0) is 23.1 Å². The minimum absolute atomic E-state index is 0.0180. The predicted molar refractivity (Wildman–Crippen MR) is 96.3 cm³/mol. The highest BCUT2D eigenvalue weighted by Gasteiger charge is 2.24. The molecule has 136 valence electrons. The summed E-state index contributed by atoms with van der Waals surface area (Å²) < 4.78 is 28.0. The van der Waals surface area contributed by atoms with Crippen LogP contribution in [0, 0.1) is 5.41 Å². The molecular formula is C16H28N4O3S. The molecule has 7 nitrogen and oxygen atoms in total. The van der Waals surface area contributed by atoms with Crippen LogP contribution >= 0.6 is 0 Å². The van der Waals surface area contributed by atoms with Gasteiger partial charge in [-0.3, -0.25) is 4.99 Å². The average molecular weight is 356 g/mol. The molecule has 4 N–H and O–H groups in total. The summed E-state index contributed by atoms with van der Waals surface area (Å²) in [5.74, 6) is 0.650. The number of guanidine groups is 1. The predicted octanol–water partition coefficient (Wildman–Crippen LogP) is 1.06. The van der Waals surface area contributed by atoms with E-state index in [9.17, 15) is 8.42 Å². The SMILES string of the molecule is CN=C(NCc1ccc(S(N)(=O)=O)cc1)NCC(OC)C(C)(C)C. The second-order valence-corrected chi connectivity index (χ2v) is 8.15. The van der Waals surface area contributed by atoms with Gasteiger partial charge in [0.15, 0.2) is 5.96 Å². The summed E-state index contributed by atoms with van der Waals surface area (Å²) >= 11 is 0. The van der Waals surface area contributed by atoms with Gasteiger partial charge in [-0.2, -0.15) is 0 Å². The maximum atomic E-state index is 11.2. The van der Waals surface area contributed by atoms with Gasteiger partial charge in [0.05, 0.1) is 11.0 Å². The number of aliphatic imine (C=N–C) groups is 1. The average Bonchev–Trinajstić information content (AvgIpc) is 2.49. The van der Waals surface area contributed by atoms with Crippen molar-refractivity contribution in [1.29, 1.82) is 0 Å². The van der Waals surface area contributed by atoms with E-state index in [0.29, 0.717) is 19.0 Å². The molecule has 0 saturated carbocycles. The summed E-state index contributed by atoms with van der Waals surface area (Å²) in [5, 5.41) is 11.5. The van der Waals surface area contributed by atoms with Crippen LogP contribution in [-0.2, 0) is 21.3 Å². The molecule has 0 heterocycles. The minimum atomic E-state index is -3.66. The van der Waals surface area contributed by atoms with Crippen LogP contribution in [0.4, 0.5) is 0 Å². The number of primary sulfonamides is 1. The summed E-state index contributed by atoms with van der Waals surface area (Å²) in [7, 11) is -0.273. The van der Waals surface area contributed by atoms with Crippen LogP contribution in [0.25, 0.3) is 0 Å². The molecule has 0 aliphatic rings. The van der Waals surface area contributed by atoms with Crippen LogP contribution < -0.4 is 15.8 Å². The molecule has 1 aromatic rings. The fourth-order valence-electron chi connectivity index (χ4n) is 2.14. The first-order chi connectivity index (χ1) is 11.1. The highest BCUT2D eigenvalue weighted by atomic mass is 32.2. The number of nitrogens with zero attached hydrogens (tertiary/aromatic N) is 1. The summed E-state index contributed by atoms with van der Waals surface area (Å²) in [6.07, 6.45) is 0.0464. The molecule has 8 heteroatoms. The highest BCUT2D eigenvalue weighted by Crippen LogP contribution is 2.20. The van der Waals surface area contributed by atoms with Crippen molar-refractivity contribution in [2.75, 3.05) is 20.7 Å². The fourth-order valence-corrected chi connectivity index (χ4v) is 2.65. The summed E-state index contributed by atoms with van der Waals surface area (Å²) in [4.78, 5) is 4.27. The Morgan fingerprint density at radius 2 is 1.83 bits per heavy atom. The Balaban J connectivity index is 2.58. The largest absolute Gasteiger partial charge is 0.379 e. The quantitative estimate of drug-likeness (QED) is 0.522. The number of hydrogen-bond donors (Lipinski definition) is 3. The fraction of sp³-hybridized carbons (Fsp3) is 0.562. The third-order valence-corrected chi connectivity index (χ3v) is 4.57. The molecule has 0 spiro atoms. The summed E-state index contributed by atoms with van der Waals surface area (Å²) in [6, 6.07) is 6.41. The van der Waals surface area contributed by atoms with Crippen molar-refractivity contribution in [2.45, 2.75) is 38.3 Å². The number of methoxy groups -OCH3 is 1. The number of hydrogen-bond acceptors (Lipinski definition) is 4. The molecule has 0 aliphatic carbocycles. The van der Waals surface area contributed by atoms with Crippen molar-refractivity contribution in [3.63, 3.8) is 0 Å². The monoisotopic (exact) mass is 356 g/mol. The third-order valence-electron chi connectivity index (χ3n) is 3.64. The van der Waals surface area contributed by atoms with E-state index in [4.69, 9.17) is 9.88 Å². The lowest BCUT2D eigenvalue weighted by Gasteiger charge is -2.30. The smallest absolute Gasteiger partial charge is 0.238 e. The van der Waals surface area contributed by atoms with Crippen LogP contribution in [0.1, 0.15) is 26.3 Å². The number of nitrogens with two attached hydrogens (primary N) is 1. The molecule has 0 fully saturated rings. The molecule has 1 unspecified atom stereocenters. The Morgan fingerprint density at radius 3 is 2.25 bits per heavy atom. The molecule has 0 saturated heterocycles. The molecule has 1 atom stereocenters. The van der Waals surface area contributed by atoms with Crippen molar-refractivity contribution >= 4 is 16.0 Å². The first kappa shape index (κ1) is 20.4. The van der Waals surface area contributed by atoms with Crippen LogP contribution in [0.2, 0.25) is 0 Å². The summed E-state index contributed by atoms with van der Waals surface area (Å²) in [6.45, 7) is 7.49. The Kier molecular flexibility index (Phi) is 7.19. The van der Waals surface area contributed by atoms with Crippen molar-refractivity contribution in [3.8, 4) is 0 Å². The van der Waals surface area contributed by atoms with Crippen LogP contribution in [0.15, 0.2) is 34.2 Å². The lowest BCUT2D eigenvalue weighted by atomic mass is 9.89. The zero-order valence-electron chi connectivity index (χ0n) is 15.0. The Morgan fingerprint density at radius 1 is 1.25 bits per heavy atom. The van der Waals surface area contributed by atoms with Gasteiger partial charge in [0.25, 0.3) is 0 Å². The lowest BCUT2D eigenvalue weighted by Crippen LogP contribution is -2.45. The molecule has 24 heavy (non-hydrogen) atoms. The molecule has 0 aliphatic heterocycles. The van der Waals surface area contributed by atoms with Gasteiger partial charge in [0.2, 0.25) is 10.0 Å². The van der Waals surface area contributed by atoms with E-state index in [2.05, 4.69) is 36.4 Å².